The maximum absolute atomic E-state index is 12.2. The molecule has 0 fully saturated rings. The highest BCUT2D eigenvalue weighted by Crippen LogP contribution is 2.28. The molecule has 0 aliphatic carbocycles. The molecule has 0 saturated carbocycles. The Morgan fingerprint density at radius 1 is 0.889 bits per heavy atom. The molecule has 2 aromatic carbocycles. The Morgan fingerprint density at radius 3 is 2.22 bits per heavy atom. The average Bonchev–Trinajstić information content (AvgIpc) is 2.71. The Hall–Kier alpha value is -3.48. The number of methoxy groups -OCH3 is 3. The van der Waals surface area contributed by atoms with Gasteiger partial charge in [-0.3, -0.25) is 9.59 Å². The van der Waals surface area contributed by atoms with Crippen molar-refractivity contribution in [1.82, 2.24) is 5.32 Å². The molecule has 0 atom stereocenters. The van der Waals surface area contributed by atoms with Gasteiger partial charge in [0, 0.05) is 18.7 Å². The molecule has 7 heteroatoms. The molecule has 0 aliphatic rings. The van der Waals surface area contributed by atoms with Crippen molar-refractivity contribution in [2.24, 2.45) is 0 Å². The normalized spacial score (nSPS) is 10.4. The number of rotatable bonds is 7. The Labute approximate surface area is 157 Å². The quantitative estimate of drug-likeness (QED) is 0.732. The fourth-order valence-corrected chi connectivity index (χ4v) is 2.38. The van der Waals surface area contributed by atoms with Gasteiger partial charge in [-0.1, -0.05) is 6.07 Å². The summed E-state index contributed by atoms with van der Waals surface area (Å²) in [4.78, 5) is 23.9. The molecule has 0 radical (unpaired) electrons. The molecule has 27 heavy (non-hydrogen) atoms. The summed E-state index contributed by atoms with van der Waals surface area (Å²) in [6.45, 7) is 0. The van der Waals surface area contributed by atoms with E-state index in [1.54, 1.807) is 57.7 Å². The van der Waals surface area contributed by atoms with Gasteiger partial charge < -0.3 is 24.8 Å². The first kappa shape index (κ1) is 19.8. The Balaban J connectivity index is 2.13. The van der Waals surface area contributed by atoms with Crippen LogP contribution < -0.4 is 24.8 Å². The first-order valence-corrected chi connectivity index (χ1v) is 8.13. The van der Waals surface area contributed by atoms with E-state index in [1.165, 1.54) is 13.2 Å². The molecule has 7 nitrogen and oxygen atoms in total. The van der Waals surface area contributed by atoms with Crippen molar-refractivity contribution in [3.8, 4) is 17.2 Å². The van der Waals surface area contributed by atoms with Crippen LogP contribution in [-0.4, -0.2) is 40.2 Å². The highest BCUT2D eigenvalue weighted by molar-refractivity contribution is 6.03. The Bertz CT molecular complexity index is 861. The lowest BCUT2D eigenvalue weighted by Gasteiger charge is -2.10. The van der Waals surface area contributed by atoms with Gasteiger partial charge in [-0.05, 0) is 42.0 Å². The van der Waals surface area contributed by atoms with E-state index in [9.17, 15) is 9.59 Å². The molecule has 0 heterocycles. The topological polar surface area (TPSA) is 85.9 Å². The summed E-state index contributed by atoms with van der Waals surface area (Å²) in [5, 5.41) is 5.27. The first-order chi connectivity index (χ1) is 13.0. The van der Waals surface area contributed by atoms with Crippen LogP contribution in [-0.2, 0) is 4.79 Å². The van der Waals surface area contributed by atoms with E-state index in [2.05, 4.69) is 10.6 Å². The van der Waals surface area contributed by atoms with Crippen molar-refractivity contribution < 1.29 is 23.8 Å². The van der Waals surface area contributed by atoms with Gasteiger partial charge in [-0.15, -0.1) is 0 Å². The molecule has 0 unspecified atom stereocenters. The van der Waals surface area contributed by atoms with Crippen LogP contribution >= 0.6 is 0 Å². The van der Waals surface area contributed by atoms with Gasteiger partial charge in [-0.2, -0.15) is 0 Å². The third kappa shape index (κ3) is 5.01. The second kappa shape index (κ2) is 9.28. The fourth-order valence-electron chi connectivity index (χ4n) is 2.38. The Kier molecular flexibility index (Phi) is 6.82. The predicted molar refractivity (Wildman–Crippen MR) is 104 cm³/mol. The monoisotopic (exact) mass is 370 g/mol. The number of ether oxygens (including phenoxy) is 3. The summed E-state index contributed by atoms with van der Waals surface area (Å²) in [7, 11) is 6.12. The first-order valence-electron chi connectivity index (χ1n) is 8.13. The third-order valence-corrected chi connectivity index (χ3v) is 3.78. The zero-order chi connectivity index (χ0) is 19.8. The molecule has 0 bridgehead atoms. The van der Waals surface area contributed by atoms with Crippen LogP contribution in [0.15, 0.2) is 42.5 Å². The second-order valence-electron chi connectivity index (χ2n) is 5.43. The standard InChI is InChI=1S/C20H22N2O5/c1-21-20(24)14-7-8-15(17(12-14)26-3)22-19(23)10-6-13-5-9-16(25-2)18(11-13)27-4/h5-12H,1-4H3,(H,21,24)(H,22,23)/b10-6+. The van der Waals surface area contributed by atoms with E-state index in [0.717, 1.165) is 5.56 Å². The molecular formula is C20H22N2O5. The summed E-state index contributed by atoms with van der Waals surface area (Å²) < 4.78 is 15.7. The van der Waals surface area contributed by atoms with Crippen molar-refractivity contribution >= 4 is 23.6 Å². The van der Waals surface area contributed by atoms with Gasteiger partial charge in [0.1, 0.15) is 5.75 Å². The molecule has 2 N–H and O–H groups in total. The summed E-state index contributed by atoms with van der Waals surface area (Å²) in [6.07, 6.45) is 3.05. The van der Waals surface area contributed by atoms with Crippen molar-refractivity contribution in [3.05, 3.63) is 53.6 Å². The number of amides is 2. The van der Waals surface area contributed by atoms with Crippen LogP contribution in [0.2, 0.25) is 0 Å². The third-order valence-electron chi connectivity index (χ3n) is 3.78. The van der Waals surface area contributed by atoms with E-state index in [0.29, 0.717) is 28.5 Å². The van der Waals surface area contributed by atoms with E-state index < -0.39 is 0 Å². The zero-order valence-corrected chi connectivity index (χ0v) is 15.7. The molecule has 2 amide bonds. The van der Waals surface area contributed by atoms with E-state index >= 15 is 0 Å². The van der Waals surface area contributed by atoms with Crippen LogP contribution in [0.25, 0.3) is 6.08 Å². The van der Waals surface area contributed by atoms with Crippen molar-refractivity contribution in [2.75, 3.05) is 33.7 Å². The lowest BCUT2D eigenvalue weighted by molar-refractivity contribution is -0.111. The minimum atomic E-state index is -0.337. The van der Waals surface area contributed by atoms with Gasteiger partial charge in [0.05, 0.1) is 27.0 Å². The summed E-state index contributed by atoms with van der Waals surface area (Å²) in [6, 6.07) is 10.1. The highest BCUT2D eigenvalue weighted by Gasteiger charge is 2.10. The zero-order valence-electron chi connectivity index (χ0n) is 15.7. The van der Waals surface area contributed by atoms with Crippen molar-refractivity contribution in [1.29, 1.82) is 0 Å². The number of benzene rings is 2. The number of nitrogens with one attached hydrogen (secondary N) is 2. The van der Waals surface area contributed by atoms with Crippen molar-refractivity contribution in [2.45, 2.75) is 0 Å². The largest absolute Gasteiger partial charge is 0.495 e. The lowest BCUT2D eigenvalue weighted by Crippen LogP contribution is -2.18. The summed E-state index contributed by atoms with van der Waals surface area (Å²) >= 11 is 0. The van der Waals surface area contributed by atoms with E-state index in [-0.39, 0.29) is 11.8 Å². The molecule has 2 aromatic rings. The number of carbonyl (C=O) groups is 2. The number of carbonyl (C=O) groups excluding carboxylic acids is 2. The molecule has 0 saturated heterocycles. The van der Waals surface area contributed by atoms with Crippen LogP contribution in [0.4, 0.5) is 5.69 Å². The van der Waals surface area contributed by atoms with Gasteiger partial charge in [0.25, 0.3) is 5.91 Å². The van der Waals surface area contributed by atoms with Crippen LogP contribution in [0.3, 0.4) is 0 Å². The maximum atomic E-state index is 12.2. The van der Waals surface area contributed by atoms with Gasteiger partial charge in [0.2, 0.25) is 5.91 Å². The summed E-state index contributed by atoms with van der Waals surface area (Å²) in [5.41, 5.74) is 1.69. The average molecular weight is 370 g/mol. The summed E-state index contributed by atoms with van der Waals surface area (Å²) in [5.74, 6) is 1.01. The van der Waals surface area contributed by atoms with Crippen molar-refractivity contribution in [3.63, 3.8) is 0 Å². The molecule has 142 valence electrons. The molecule has 0 aliphatic heterocycles. The number of hydrogen-bond donors (Lipinski definition) is 2. The minimum absolute atomic E-state index is 0.237. The van der Waals surface area contributed by atoms with Crippen LogP contribution in [0.5, 0.6) is 17.2 Å². The minimum Gasteiger partial charge on any atom is -0.495 e. The SMILES string of the molecule is CNC(=O)c1ccc(NC(=O)/C=C/c2ccc(OC)c(OC)c2)c(OC)c1. The molecular weight excluding hydrogens is 348 g/mol. The number of anilines is 1. The van der Waals surface area contributed by atoms with Gasteiger partial charge in [0.15, 0.2) is 11.5 Å². The fraction of sp³-hybridized carbons (Fsp3) is 0.200. The van der Waals surface area contributed by atoms with Crippen LogP contribution in [0, 0.1) is 0 Å². The van der Waals surface area contributed by atoms with Crippen LogP contribution in [0.1, 0.15) is 15.9 Å². The lowest BCUT2D eigenvalue weighted by atomic mass is 10.1. The van der Waals surface area contributed by atoms with Gasteiger partial charge >= 0.3 is 0 Å². The molecule has 0 spiro atoms. The molecule has 2 rings (SSSR count). The number of hydrogen-bond acceptors (Lipinski definition) is 5. The second-order valence-corrected chi connectivity index (χ2v) is 5.43. The highest BCUT2D eigenvalue weighted by atomic mass is 16.5. The maximum Gasteiger partial charge on any atom is 0.251 e. The van der Waals surface area contributed by atoms with Gasteiger partial charge in [-0.25, -0.2) is 0 Å². The predicted octanol–water partition coefficient (Wildman–Crippen LogP) is 2.72. The van der Waals surface area contributed by atoms with E-state index in [4.69, 9.17) is 14.2 Å². The smallest absolute Gasteiger partial charge is 0.251 e. The molecule has 0 aromatic heterocycles. The van der Waals surface area contributed by atoms with E-state index in [1.807, 2.05) is 6.07 Å². The Morgan fingerprint density at radius 2 is 1.59 bits per heavy atom.